The number of nitrogens with zero attached hydrogens (tertiary/aromatic N) is 2. The molecule has 1 saturated heterocycles. The predicted octanol–water partition coefficient (Wildman–Crippen LogP) is 2.12. The van der Waals surface area contributed by atoms with Crippen LogP contribution in [0.1, 0.15) is 26.7 Å². The van der Waals surface area contributed by atoms with Crippen molar-refractivity contribution in [1.29, 1.82) is 0 Å². The molecule has 1 atom stereocenters. The Morgan fingerprint density at radius 3 is 2.22 bits per heavy atom. The van der Waals surface area contributed by atoms with E-state index in [-0.39, 0.29) is 30.6 Å². The van der Waals surface area contributed by atoms with Crippen LogP contribution in [0, 0.1) is 0 Å². The number of benzene rings is 1. The molecule has 1 aromatic rings. The third-order valence-electron chi connectivity index (χ3n) is 4.27. The van der Waals surface area contributed by atoms with E-state index in [9.17, 15) is 14.4 Å². The molecule has 7 nitrogen and oxygen atoms in total. The maximum atomic E-state index is 12.5. The van der Waals surface area contributed by atoms with E-state index in [1.807, 2.05) is 0 Å². The summed E-state index contributed by atoms with van der Waals surface area (Å²) < 4.78 is 10.5. The van der Waals surface area contributed by atoms with Gasteiger partial charge in [0.05, 0.1) is 13.0 Å². The quantitative estimate of drug-likeness (QED) is 0.660. The Morgan fingerprint density at radius 2 is 1.63 bits per heavy atom. The number of ether oxygens (including phenoxy) is 2. The molecule has 0 radical (unpaired) electrons. The number of esters is 1. The molecular weight excluding hydrogens is 372 g/mol. The van der Waals surface area contributed by atoms with Crippen molar-refractivity contribution in [2.75, 3.05) is 32.8 Å². The Labute approximate surface area is 164 Å². The van der Waals surface area contributed by atoms with Crippen LogP contribution in [0.5, 0.6) is 5.75 Å². The van der Waals surface area contributed by atoms with Crippen LogP contribution in [0.25, 0.3) is 0 Å². The van der Waals surface area contributed by atoms with Crippen molar-refractivity contribution >= 4 is 29.4 Å². The van der Waals surface area contributed by atoms with Crippen LogP contribution in [-0.4, -0.2) is 66.5 Å². The number of rotatable bonds is 7. The normalized spacial score (nSPS) is 15.2. The highest BCUT2D eigenvalue weighted by Gasteiger charge is 2.28. The van der Waals surface area contributed by atoms with Crippen molar-refractivity contribution in [2.24, 2.45) is 0 Å². The number of halogens is 1. The molecule has 1 unspecified atom stereocenters. The van der Waals surface area contributed by atoms with Crippen molar-refractivity contribution < 1.29 is 23.9 Å². The van der Waals surface area contributed by atoms with Crippen LogP contribution in [-0.2, 0) is 19.1 Å². The zero-order valence-corrected chi connectivity index (χ0v) is 16.4. The zero-order valence-electron chi connectivity index (χ0n) is 15.7. The van der Waals surface area contributed by atoms with Crippen molar-refractivity contribution in [3.05, 3.63) is 29.3 Å². The molecule has 8 heteroatoms. The molecule has 0 bridgehead atoms. The number of hydrogen-bond donors (Lipinski definition) is 0. The Bertz CT molecular complexity index is 657. The van der Waals surface area contributed by atoms with E-state index in [1.54, 1.807) is 47.9 Å². The Kier molecular flexibility index (Phi) is 7.91. The molecule has 0 aliphatic carbocycles. The molecule has 1 aliphatic rings. The van der Waals surface area contributed by atoms with E-state index in [4.69, 9.17) is 21.1 Å². The first-order chi connectivity index (χ1) is 12.9. The summed E-state index contributed by atoms with van der Waals surface area (Å²) >= 11 is 5.84. The highest BCUT2D eigenvalue weighted by molar-refractivity contribution is 6.30. The van der Waals surface area contributed by atoms with Gasteiger partial charge >= 0.3 is 5.97 Å². The van der Waals surface area contributed by atoms with Gasteiger partial charge in [-0.25, -0.2) is 0 Å². The van der Waals surface area contributed by atoms with Gasteiger partial charge in [-0.05, 0) is 38.1 Å². The maximum absolute atomic E-state index is 12.5. The van der Waals surface area contributed by atoms with E-state index in [0.29, 0.717) is 43.6 Å². The smallest absolute Gasteiger partial charge is 0.306 e. The summed E-state index contributed by atoms with van der Waals surface area (Å²) in [6.45, 7) is 5.52. The molecule has 0 saturated carbocycles. The van der Waals surface area contributed by atoms with Crippen LogP contribution >= 0.6 is 11.6 Å². The van der Waals surface area contributed by atoms with Gasteiger partial charge in [0.25, 0.3) is 5.91 Å². The summed E-state index contributed by atoms with van der Waals surface area (Å²) in [4.78, 5) is 39.4. The topological polar surface area (TPSA) is 76.2 Å². The van der Waals surface area contributed by atoms with Crippen LogP contribution in [0.2, 0.25) is 5.02 Å². The van der Waals surface area contributed by atoms with Crippen LogP contribution in [0.3, 0.4) is 0 Å². The average Bonchev–Trinajstić information content (AvgIpc) is 2.67. The number of hydrogen-bond acceptors (Lipinski definition) is 5. The number of amides is 2. The fourth-order valence-electron chi connectivity index (χ4n) is 2.80. The van der Waals surface area contributed by atoms with Crippen molar-refractivity contribution in [3.8, 4) is 5.75 Å². The first kappa shape index (κ1) is 21.0. The van der Waals surface area contributed by atoms with Crippen LogP contribution < -0.4 is 4.74 Å². The van der Waals surface area contributed by atoms with Gasteiger partial charge in [0, 0.05) is 37.6 Å². The molecule has 1 aliphatic heterocycles. The van der Waals surface area contributed by atoms with Gasteiger partial charge in [-0.1, -0.05) is 11.6 Å². The van der Waals surface area contributed by atoms with E-state index in [1.165, 1.54) is 0 Å². The highest BCUT2D eigenvalue weighted by atomic mass is 35.5. The van der Waals surface area contributed by atoms with Gasteiger partial charge in [-0.15, -0.1) is 0 Å². The van der Waals surface area contributed by atoms with Gasteiger partial charge in [-0.2, -0.15) is 0 Å². The van der Waals surface area contributed by atoms with Gasteiger partial charge in [-0.3, -0.25) is 14.4 Å². The molecule has 2 rings (SSSR count). The lowest BCUT2D eigenvalue weighted by molar-refractivity contribution is -0.147. The molecule has 0 spiro atoms. The minimum atomic E-state index is -0.628. The number of piperazine rings is 1. The fraction of sp³-hybridized carbons (Fsp3) is 0.526. The van der Waals surface area contributed by atoms with Gasteiger partial charge < -0.3 is 19.3 Å². The summed E-state index contributed by atoms with van der Waals surface area (Å²) in [7, 11) is 0. The number of carbonyl (C=O) groups is 3. The second-order valence-electron chi connectivity index (χ2n) is 6.23. The number of carbonyl (C=O) groups excluding carboxylic acids is 3. The molecule has 27 heavy (non-hydrogen) atoms. The Balaban J connectivity index is 1.76. The van der Waals surface area contributed by atoms with E-state index in [2.05, 4.69) is 0 Å². The second kappa shape index (κ2) is 10.2. The first-order valence-corrected chi connectivity index (χ1v) is 9.43. The van der Waals surface area contributed by atoms with Crippen LogP contribution in [0.15, 0.2) is 24.3 Å². The molecule has 148 valence electrons. The molecule has 0 N–H and O–H groups in total. The zero-order chi connectivity index (χ0) is 19.8. The first-order valence-electron chi connectivity index (χ1n) is 9.05. The van der Waals surface area contributed by atoms with Crippen molar-refractivity contribution in [3.63, 3.8) is 0 Å². The lowest BCUT2D eigenvalue weighted by atomic mass is 10.2. The lowest BCUT2D eigenvalue weighted by Crippen LogP contribution is -2.53. The van der Waals surface area contributed by atoms with Gasteiger partial charge in [0.2, 0.25) is 5.91 Å². The Hall–Kier alpha value is -2.28. The summed E-state index contributed by atoms with van der Waals surface area (Å²) in [6.07, 6.45) is -0.419. The summed E-state index contributed by atoms with van der Waals surface area (Å²) in [6, 6.07) is 6.84. The second-order valence-corrected chi connectivity index (χ2v) is 6.66. The third-order valence-corrected chi connectivity index (χ3v) is 4.52. The summed E-state index contributed by atoms with van der Waals surface area (Å²) in [5.41, 5.74) is 0. The SMILES string of the molecule is CCOC(=O)CCC(=O)N1CCN(C(=O)C(C)Oc2ccc(Cl)cc2)CC1. The molecule has 0 aromatic heterocycles. The predicted molar refractivity (Wildman–Crippen MR) is 101 cm³/mol. The minimum absolute atomic E-state index is 0.0811. The molecule has 1 fully saturated rings. The van der Waals surface area contributed by atoms with E-state index >= 15 is 0 Å². The van der Waals surface area contributed by atoms with Gasteiger partial charge in [0.1, 0.15) is 5.75 Å². The van der Waals surface area contributed by atoms with Crippen LogP contribution in [0.4, 0.5) is 0 Å². The maximum Gasteiger partial charge on any atom is 0.306 e. The fourth-order valence-corrected chi connectivity index (χ4v) is 2.93. The van der Waals surface area contributed by atoms with E-state index < -0.39 is 6.10 Å². The third kappa shape index (κ3) is 6.43. The largest absolute Gasteiger partial charge is 0.481 e. The highest BCUT2D eigenvalue weighted by Crippen LogP contribution is 2.18. The summed E-state index contributed by atoms with van der Waals surface area (Å²) in [5.74, 6) is -0.00921. The molecule has 1 aromatic carbocycles. The van der Waals surface area contributed by atoms with Crippen molar-refractivity contribution in [1.82, 2.24) is 9.80 Å². The van der Waals surface area contributed by atoms with E-state index in [0.717, 1.165) is 0 Å². The Morgan fingerprint density at radius 1 is 1.04 bits per heavy atom. The molecular formula is C19H25ClN2O5. The standard InChI is InChI=1S/C19H25ClN2O5/c1-3-26-18(24)9-8-17(23)21-10-12-22(13-11-21)19(25)14(2)27-16-6-4-15(20)5-7-16/h4-7,14H,3,8-13H2,1-2H3. The molecule has 2 amide bonds. The monoisotopic (exact) mass is 396 g/mol. The lowest BCUT2D eigenvalue weighted by Gasteiger charge is -2.36. The average molecular weight is 397 g/mol. The van der Waals surface area contributed by atoms with Gasteiger partial charge in [0.15, 0.2) is 6.10 Å². The summed E-state index contributed by atoms with van der Waals surface area (Å²) in [5, 5.41) is 0.602. The molecule has 1 heterocycles. The van der Waals surface area contributed by atoms with Crippen molar-refractivity contribution in [2.45, 2.75) is 32.8 Å². The minimum Gasteiger partial charge on any atom is -0.481 e.